The number of amides is 2. The summed E-state index contributed by atoms with van der Waals surface area (Å²) in [6, 6.07) is 3.96. The van der Waals surface area contributed by atoms with Crippen LogP contribution >= 0.6 is 0 Å². The molecule has 102 valence electrons. The number of carbonyl (C=O) groups is 3. The summed E-state index contributed by atoms with van der Waals surface area (Å²) < 4.78 is 12.9. The lowest BCUT2D eigenvalue weighted by Crippen LogP contribution is -2.44. The van der Waals surface area contributed by atoms with Crippen molar-refractivity contribution < 1.29 is 23.9 Å². The van der Waals surface area contributed by atoms with Crippen LogP contribution in [0.2, 0.25) is 0 Å². The van der Waals surface area contributed by atoms with Gasteiger partial charge in [0.15, 0.2) is 0 Å². The van der Waals surface area contributed by atoms with Crippen molar-refractivity contribution in [3.05, 3.63) is 35.6 Å². The molecule has 2 amide bonds. The van der Waals surface area contributed by atoms with E-state index in [0.29, 0.717) is 0 Å². The van der Waals surface area contributed by atoms with Crippen LogP contribution in [0, 0.1) is 5.82 Å². The summed E-state index contributed by atoms with van der Waals surface area (Å²) in [5, 5.41) is 13.0. The maximum atomic E-state index is 12.9. The molecule has 0 aromatic heterocycles. The maximum Gasteiger partial charge on any atom is 0.325 e. The highest BCUT2D eigenvalue weighted by Gasteiger charge is 2.14. The number of nitrogens with one attached hydrogen (secondary N) is 2. The molecule has 0 radical (unpaired) electrons. The van der Waals surface area contributed by atoms with Crippen LogP contribution < -0.4 is 10.6 Å². The van der Waals surface area contributed by atoms with Crippen molar-refractivity contribution >= 4 is 17.8 Å². The maximum absolute atomic E-state index is 12.9. The van der Waals surface area contributed by atoms with Gasteiger partial charge in [0.2, 0.25) is 5.91 Å². The zero-order valence-electron chi connectivity index (χ0n) is 10.1. The topological polar surface area (TPSA) is 95.5 Å². The Morgan fingerprint density at radius 2 is 2.05 bits per heavy atom. The summed E-state index contributed by atoms with van der Waals surface area (Å²) in [6.45, 7) is 0.918. The molecule has 1 atom stereocenters. The summed E-state index contributed by atoms with van der Waals surface area (Å²) in [6.07, 6.45) is 0. The smallest absolute Gasteiger partial charge is 0.325 e. The lowest BCUT2D eigenvalue weighted by atomic mass is 10.2. The molecular weight excluding hydrogens is 255 g/mol. The fourth-order valence-electron chi connectivity index (χ4n) is 1.25. The van der Waals surface area contributed by atoms with Crippen molar-refractivity contribution in [1.82, 2.24) is 10.6 Å². The normalized spacial score (nSPS) is 11.5. The fraction of sp³-hybridized carbons (Fsp3) is 0.250. The summed E-state index contributed by atoms with van der Waals surface area (Å²) in [7, 11) is 0. The Morgan fingerprint density at radius 1 is 1.37 bits per heavy atom. The van der Waals surface area contributed by atoms with Gasteiger partial charge in [-0.15, -0.1) is 0 Å². The largest absolute Gasteiger partial charge is 0.480 e. The van der Waals surface area contributed by atoms with Crippen molar-refractivity contribution in [2.75, 3.05) is 6.54 Å². The quantitative estimate of drug-likeness (QED) is 0.708. The molecular formula is C12H13FN2O4. The molecule has 1 aromatic carbocycles. The van der Waals surface area contributed by atoms with E-state index in [1.54, 1.807) is 0 Å². The minimum atomic E-state index is -1.18. The molecule has 0 aliphatic carbocycles. The third kappa shape index (κ3) is 4.74. The van der Waals surface area contributed by atoms with Crippen LogP contribution in [0.15, 0.2) is 24.3 Å². The number of halogens is 1. The highest BCUT2D eigenvalue weighted by molar-refractivity contribution is 5.96. The van der Waals surface area contributed by atoms with E-state index in [4.69, 9.17) is 5.11 Å². The van der Waals surface area contributed by atoms with Gasteiger partial charge in [-0.05, 0) is 25.1 Å². The van der Waals surface area contributed by atoms with Gasteiger partial charge in [0.1, 0.15) is 11.9 Å². The van der Waals surface area contributed by atoms with Crippen molar-refractivity contribution in [3.63, 3.8) is 0 Å². The molecule has 3 N–H and O–H groups in total. The van der Waals surface area contributed by atoms with Crippen molar-refractivity contribution in [3.8, 4) is 0 Å². The van der Waals surface area contributed by atoms with Gasteiger partial charge in [-0.25, -0.2) is 4.39 Å². The second kappa shape index (κ2) is 6.48. The van der Waals surface area contributed by atoms with E-state index in [1.807, 2.05) is 0 Å². The van der Waals surface area contributed by atoms with Crippen LogP contribution in [-0.4, -0.2) is 35.5 Å². The summed E-state index contributed by atoms with van der Waals surface area (Å²) in [5.74, 6) is -2.99. The van der Waals surface area contributed by atoms with Gasteiger partial charge in [0.25, 0.3) is 5.91 Å². The highest BCUT2D eigenvalue weighted by atomic mass is 19.1. The number of carboxylic acids is 1. The Morgan fingerprint density at radius 3 is 2.63 bits per heavy atom. The average molecular weight is 268 g/mol. The summed E-state index contributed by atoms with van der Waals surface area (Å²) >= 11 is 0. The van der Waals surface area contributed by atoms with Gasteiger partial charge >= 0.3 is 5.97 Å². The van der Waals surface area contributed by atoms with Crippen LogP contribution in [-0.2, 0) is 9.59 Å². The monoisotopic (exact) mass is 268 g/mol. The minimum absolute atomic E-state index is 0.0825. The third-order valence-corrected chi connectivity index (χ3v) is 2.24. The Kier molecular flexibility index (Phi) is 4.99. The van der Waals surface area contributed by atoms with E-state index in [2.05, 4.69) is 10.6 Å². The second-order valence-electron chi connectivity index (χ2n) is 3.82. The number of aliphatic carboxylic acids is 1. The number of hydrogen-bond acceptors (Lipinski definition) is 3. The predicted octanol–water partition coefficient (Wildman–Crippen LogP) is 0.145. The number of benzene rings is 1. The highest BCUT2D eigenvalue weighted by Crippen LogP contribution is 2.02. The molecule has 0 aliphatic heterocycles. The number of hydrogen-bond donors (Lipinski definition) is 3. The molecule has 1 rings (SSSR count). The van der Waals surface area contributed by atoms with E-state index in [1.165, 1.54) is 25.1 Å². The fourth-order valence-corrected chi connectivity index (χ4v) is 1.25. The average Bonchev–Trinajstić information content (AvgIpc) is 2.35. The molecule has 0 unspecified atom stereocenters. The van der Waals surface area contributed by atoms with E-state index in [-0.39, 0.29) is 12.1 Å². The Bertz CT molecular complexity index is 504. The Hall–Kier alpha value is -2.44. The first-order valence-corrected chi connectivity index (χ1v) is 5.46. The van der Waals surface area contributed by atoms with Crippen molar-refractivity contribution in [2.45, 2.75) is 13.0 Å². The molecule has 0 saturated heterocycles. The lowest BCUT2D eigenvalue weighted by molar-refractivity contribution is -0.141. The standard InChI is InChI=1S/C12H13FN2O4/c1-7(12(18)19)15-10(16)6-14-11(17)8-3-2-4-9(13)5-8/h2-5,7H,6H2,1H3,(H,14,17)(H,15,16)(H,18,19)/t7-/m1/s1. The van der Waals surface area contributed by atoms with Gasteiger partial charge in [0, 0.05) is 5.56 Å². The SMILES string of the molecule is C[C@@H](NC(=O)CNC(=O)c1cccc(F)c1)C(=O)O. The van der Waals surface area contributed by atoms with Gasteiger partial charge in [-0.2, -0.15) is 0 Å². The first kappa shape index (κ1) is 14.6. The van der Waals surface area contributed by atoms with Gasteiger partial charge in [0.05, 0.1) is 6.54 Å². The number of carboxylic acid groups (broad SMARTS) is 1. The summed E-state index contributed by atoms with van der Waals surface area (Å²) in [5.41, 5.74) is 0.0825. The minimum Gasteiger partial charge on any atom is -0.480 e. The van der Waals surface area contributed by atoms with E-state index in [9.17, 15) is 18.8 Å². The number of carbonyl (C=O) groups excluding carboxylic acids is 2. The van der Waals surface area contributed by atoms with E-state index in [0.717, 1.165) is 6.07 Å². The van der Waals surface area contributed by atoms with Gasteiger partial charge in [-0.1, -0.05) is 6.07 Å². The molecule has 0 heterocycles. The molecule has 0 bridgehead atoms. The lowest BCUT2D eigenvalue weighted by Gasteiger charge is -2.10. The Balaban J connectivity index is 2.46. The van der Waals surface area contributed by atoms with E-state index >= 15 is 0 Å². The zero-order chi connectivity index (χ0) is 14.4. The Labute approximate surface area is 108 Å². The van der Waals surface area contributed by atoms with Crippen LogP contribution in [0.4, 0.5) is 4.39 Å². The van der Waals surface area contributed by atoms with Gasteiger partial charge in [-0.3, -0.25) is 14.4 Å². The molecule has 0 saturated carbocycles. The van der Waals surface area contributed by atoms with Crippen molar-refractivity contribution in [2.24, 2.45) is 0 Å². The molecule has 0 spiro atoms. The van der Waals surface area contributed by atoms with Crippen LogP contribution in [0.25, 0.3) is 0 Å². The van der Waals surface area contributed by atoms with E-state index < -0.39 is 29.6 Å². The van der Waals surface area contributed by atoms with Crippen LogP contribution in [0.1, 0.15) is 17.3 Å². The molecule has 0 fully saturated rings. The predicted molar refractivity (Wildman–Crippen MR) is 64.0 cm³/mol. The molecule has 7 heteroatoms. The molecule has 19 heavy (non-hydrogen) atoms. The van der Waals surface area contributed by atoms with Crippen LogP contribution in [0.5, 0.6) is 0 Å². The van der Waals surface area contributed by atoms with Crippen LogP contribution in [0.3, 0.4) is 0 Å². The number of rotatable bonds is 5. The van der Waals surface area contributed by atoms with Gasteiger partial charge < -0.3 is 15.7 Å². The van der Waals surface area contributed by atoms with Crippen molar-refractivity contribution in [1.29, 1.82) is 0 Å². The second-order valence-corrected chi connectivity index (χ2v) is 3.82. The zero-order valence-corrected chi connectivity index (χ0v) is 10.1. The molecule has 1 aromatic rings. The third-order valence-electron chi connectivity index (χ3n) is 2.24. The first-order valence-electron chi connectivity index (χ1n) is 5.46. The first-order chi connectivity index (χ1) is 8.90. The molecule has 6 nitrogen and oxygen atoms in total. The summed E-state index contributed by atoms with van der Waals surface area (Å²) in [4.78, 5) is 33.3. The molecule has 0 aliphatic rings.